The van der Waals surface area contributed by atoms with E-state index in [-0.39, 0.29) is 47.6 Å². The zero-order chi connectivity index (χ0) is 23.1. The van der Waals surface area contributed by atoms with Gasteiger partial charge < -0.3 is 18.8 Å². The minimum atomic E-state index is -2.02. The molecule has 174 valence electrons. The molecule has 2 fully saturated rings. The summed E-state index contributed by atoms with van der Waals surface area (Å²) in [4.78, 5) is 28.0. The number of fused-ring (bicyclic) bond motifs is 3. The molecule has 0 aromatic carbocycles. The van der Waals surface area contributed by atoms with Crippen LogP contribution in [0.4, 0.5) is 0 Å². The fourth-order valence-corrected chi connectivity index (χ4v) is 6.53. The SMILES string of the molecule is C=CCOC(=O)C1=C2[C@@H](OCC)CCC[C@@H]2[C@@H]2[C@@H](C(C)O[Si](C)(C)C(C)(C)C)C(=O)N12. The summed E-state index contributed by atoms with van der Waals surface area (Å²) in [6.07, 6.45) is 4.07. The largest absolute Gasteiger partial charge is 0.457 e. The monoisotopic (exact) mass is 449 g/mol. The van der Waals surface area contributed by atoms with Crippen molar-refractivity contribution in [3.05, 3.63) is 23.9 Å². The number of amides is 1. The molecule has 3 rings (SSSR count). The summed E-state index contributed by atoms with van der Waals surface area (Å²) in [5, 5.41) is 0.0668. The Morgan fingerprint density at radius 1 is 1.32 bits per heavy atom. The van der Waals surface area contributed by atoms with Crippen LogP contribution in [0.3, 0.4) is 0 Å². The highest BCUT2D eigenvalue weighted by Crippen LogP contribution is 2.54. The average Bonchev–Trinajstić information content (AvgIpc) is 2.96. The zero-order valence-corrected chi connectivity index (χ0v) is 21.2. The third-order valence-electron chi connectivity index (χ3n) is 7.53. The van der Waals surface area contributed by atoms with Gasteiger partial charge in [0.15, 0.2) is 8.32 Å². The van der Waals surface area contributed by atoms with E-state index in [0.29, 0.717) is 12.3 Å². The minimum Gasteiger partial charge on any atom is -0.457 e. The number of β-lactam (4-membered cyclic amide) rings is 1. The zero-order valence-electron chi connectivity index (χ0n) is 20.2. The Morgan fingerprint density at radius 2 is 2.00 bits per heavy atom. The third kappa shape index (κ3) is 4.16. The van der Waals surface area contributed by atoms with Crippen LogP contribution in [0.2, 0.25) is 18.1 Å². The first-order valence-corrected chi connectivity index (χ1v) is 14.5. The molecule has 5 atom stereocenters. The molecule has 1 saturated heterocycles. The van der Waals surface area contributed by atoms with Gasteiger partial charge in [-0.2, -0.15) is 0 Å². The average molecular weight is 450 g/mol. The van der Waals surface area contributed by atoms with E-state index in [1.54, 1.807) is 11.0 Å². The lowest BCUT2D eigenvalue weighted by Crippen LogP contribution is -2.65. The summed E-state index contributed by atoms with van der Waals surface area (Å²) >= 11 is 0. The second-order valence-corrected chi connectivity index (χ2v) is 15.2. The first kappa shape index (κ1) is 24.2. The van der Waals surface area contributed by atoms with Crippen LogP contribution in [0.25, 0.3) is 0 Å². The molecule has 7 heteroatoms. The van der Waals surface area contributed by atoms with Gasteiger partial charge in [0, 0.05) is 12.5 Å². The van der Waals surface area contributed by atoms with Crippen molar-refractivity contribution in [2.75, 3.05) is 13.2 Å². The Balaban J connectivity index is 1.91. The van der Waals surface area contributed by atoms with Gasteiger partial charge in [0.1, 0.15) is 12.3 Å². The maximum atomic E-state index is 13.4. The number of hydrogen-bond acceptors (Lipinski definition) is 5. The number of esters is 1. The molecule has 6 nitrogen and oxygen atoms in total. The molecule has 1 unspecified atom stereocenters. The Bertz CT molecular complexity index is 766. The van der Waals surface area contributed by atoms with Crippen molar-refractivity contribution in [1.82, 2.24) is 4.90 Å². The number of carbonyl (C=O) groups excluding carboxylic acids is 2. The molecule has 1 amide bonds. The van der Waals surface area contributed by atoms with Gasteiger partial charge in [0.05, 0.1) is 24.2 Å². The van der Waals surface area contributed by atoms with Gasteiger partial charge >= 0.3 is 5.97 Å². The van der Waals surface area contributed by atoms with Crippen LogP contribution >= 0.6 is 0 Å². The molecule has 0 N–H and O–H groups in total. The first-order chi connectivity index (χ1) is 14.5. The molecule has 0 spiro atoms. The van der Waals surface area contributed by atoms with Crippen LogP contribution in [-0.2, 0) is 23.5 Å². The normalized spacial score (nSPS) is 29.3. The summed E-state index contributed by atoms with van der Waals surface area (Å²) in [6.45, 7) is 19.4. The topological polar surface area (TPSA) is 65.1 Å². The molecule has 2 aliphatic heterocycles. The molecule has 2 heterocycles. The summed E-state index contributed by atoms with van der Waals surface area (Å²) in [5.74, 6) is -0.582. The van der Waals surface area contributed by atoms with Crippen molar-refractivity contribution in [2.24, 2.45) is 11.8 Å². The van der Waals surface area contributed by atoms with E-state index < -0.39 is 14.3 Å². The smallest absolute Gasteiger partial charge is 0.355 e. The van der Waals surface area contributed by atoms with E-state index in [1.165, 1.54) is 0 Å². The highest BCUT2D eigenvalue weighted by Gasteiger charge is 2.63. The van der Waals surface area contributed by atoms with Gasteiger partial charge in [0.2, 0.25) is 5.91 Å². The predicted octanol–water partition coefficient (Wildman–Crippen LogP) is 4.43. The van der Waals surface area contributed by atoms with Gasteiger partial charge in [-0.15, -0.1) is 0 Å². The minimum absolute atomic E-state index is 0.0288. The van der Waals surface area contributed by atoms with E-state index in [9.17, 15) is 9.59 Å². The van der Waals surface area contributed by atoms with E-state index in [0.717, 1.165) is 24.8 Å². The fourth-order valence-electron chi connectivity index (χ4n) is 5.10. The van der Waals surface area contributed by atoms with E-state index in [1.807, 2.05) is 13.8 Å². The molecule has 31 heavy (non-hydrogen) atoms. The lowest BCUT2D eigenvalue weighted by atomic mass is 9.71. The molecule has 0 aromatic heterocycles. The third-order valence-corrected chi connectivity index (χ3v) is 12.1. The molecule has 0 bridgehead atoms. The van der Waals surface area contributed by atoms with Crippen molar-refractivity contribution in [2.45, 2.75) is 90.3 Å². The van der Waals surface area contributed by atoms with Crippen molar-refractivity contribution >= 4 is 20.2 Å². The molecule has 1 aliphatic carbocycles. The van der Waals surface area contributed by atoms with Crippen LogP contribution in [0.1, 0.15) is 53.9 Å². The Labute approximate surface area is 188 Å². The molecule has 0 aromatic rings. The van der Waals surface area contributed by atoms with Crippen LogP contribution in [0.5, 0.6) is 0 Å². The maximum Gasteiger partial charge on any atom is 0.355 e. The van der Waals surface area contributed by atoms with Crippen LogP contribution in [0.15, 0.2) is 23.9 Å². The molecule has 3 aliphatic rings. The quantitative estimate of drug-likeness (QED) is 0.237. The Kier molecular flexibility index (Phi) is 6.89. The lowest BCUT2D eigenvalue weighted by Gasteiger charge is -2.51. The first-order valence-electron chi connectivity index (χ1n) is 11.6. The number of hydrogen-bond donors (Lipinski definition) is 0. The van der Waals surface area contributed by atoms with Crippen molar-refractivity contribution in [3.63, 3.8) is 0 Å². The number of nitrogens with zero attached hydrogens (tertiary/aromatic N) is 1. The Morgan fingerprint density at radius 3 is 2.58 bits per heavy atom. The summed E-state index contributed by atoms with van der Waals surface area (Å²) in [5.41, 5.74) is 1.37. The van der Waals surface area contributed by atoms with Crippen molar-refractivity contribution in [1.29, 1.82) is 0 Å². The second kappa shape index (κ2) is 8.83. The van der Waals surface area contributed by atoms with Gasteiger partial charge in [-0.3, -0.25) is 4.79 Å². The molecular weight excluding hydrogens is 410 g/mol. The number of carbonyl (C=O) groups is 2. The fraction of sp³-hybridized carbons (Fsp3) is 0.750. The molecular formula is C24H39NO5Si. The number of rotatable bonds is 8. The summed E-state index contributed by atoms with van der Waals surface area (Å²) in [7, 11) is -2.02. The molecule has 0 radical (unpaired) electrons. The summed E-state index contributed by atoms with van der Waals surface area (Å²) in [6, 6.07) is -0.0446. The highest BCUT2D eigenvalue weighted by molar-refractivity contribution is 6.74. The maximum absolute atomic E-state index is 13.4. The Hall–Kier alpha value is -1.44. The van der Waals surface area contributed by atoms with Gasteiger partial charge in [-0.1, -0.05) is 33.4 Å². The van der Waals surface area contributed by atoms with Crippen molar-refractivity contribution < 1.29 is 23.5 Å². The predicted molar refractivity (Wildman–Crippen MR) is 123 cm³/mol. The van der Waals surface area contributed by atoms with Gasteiger partial charge in [0.25, 0.3) is 0 Å². The highest BCUT2D eigenvalue weighted by atomic mass is 28.4. The van der Waals surface area contributed by atoms with Crippen LogP contribution in [-0.4, -0.2) is 56.6 Å². The van der Waals surface area contributed by atoms with Crippen LogP contribution < -0.4 is 0 Å². The standard InChI is InChI=1S/C24H39NO5Si/c1-9-14-29-23(27)21-19-16(12-11-13-17(19)28-10-2)20-18(22(26)25(20)21)15(3)30-31(7,8)24(4,5)6/h9,15-18,20H,1,10-14H2,2-8H3/t15?,16-,17-,18+,20+/m0/s1. The number of ether oxygens (including phenoxy) is 2. The van der Waals surface area contributed by atoms with E-state index in [2.05, 4.69) is 40.4 Å². The van der Waals surface area contributed by atoms with E-state index >= 15 is 0 Å². The van der Waals surface area contributed by atoms with Crippen molar-refractivity contribution in [3.8, 4) is 0 Å². The van der Waals surface area contributed by atoms with Gasteiger partial charge in [-0.05, 0) is 56.8 Å². The molecule has 1 saturated carbocycles. The summed E-state index contributed by atoms with van der Waals surface area (Å²) < 4.78 is 18.0. The second-order valence-electron chi connectivity index (χ2n) is 10.5. The van der Waals surface area contributed by atoms with Gasteiger partial charge in [-0.25, -0.2) is 4.79 Å². The lowest BCUT2D eigenvalue weighted by molar-refractivity contribution is -0.164. The van der Waals surface area contributed by atoms with E-state index in [4.69, 9.17) is 13.9 Å². The van der Waals surface area contributed by atoms with Crippen LogP contribution in [0, 0.1) is 11.8 Å².